The zero-order valence-electron chi connectivity index (χ0n) is 12.1. The van der Waals surface area contributed by atoms with Gasteiger partial charge in [-0.3, -0.25) is 0 Å². The fraction of sp³-hybridized carbons (Fsp3) is 0.533. The molecule has 0 saturated carbocycles. The van der Waals surface area contributed by atoms with Crippen molar-refractivity contribution in [2.24, 2.45) is 0 Å². The van der Waals surface area contributed by atoms with E-state index < -0.39 is 0 Å². The van der Waals surface area contributed by atoms with Gasteiger partial charge in [0.2, 0.25) is 0 Å². The summed E-state index contributed by atoms with van der Waals surface area (Å²) in [5.41, 5.74) is 2.59. The van der Waals surface area contributed by atoms with E-state index in [1.165, 1.54) is 17.7 Å². The van der Waals surface area contributed by atoms with Crippen molar-refractivity contribution in [3.63, 3.8) is 0 Å². The molecule has 0 spiro atoms. The Morgan fingerprint density at radius 1 is 1.37 bits per heavy atom. The second-order valence-corrected chi connectivity index (χ2v) is 5.25. The first-order chi connectivity index (χ1) is 9.20. The van der Waals surface area contributed by atoms with Crippen LogP contribution in [0.3, 0.4) is 0 Å². The molecule has 104 valence electrons. The zero-order chi connectivity index (χ0) is 13.7. The Bertz CT molecular complexity index is 496. The maximum absolute atomic E-state index is 4.24. The minimum atomic E-state index is 0.457. The molecule has 0 saturated heterocycles. The van der Waals surface area contributed by atoms with E-state index in [0.717, 1.165) is 19.6 Å². The van der Waals surface area contributed by atoms with Crippen LogP contribution in [-0.2, 0) is 13.1 Å². The molecular weight excluding hydrogens is 236 g/mol. The van der Waals surface area contributed by atoms with Crippen molar-refractivity contribution in [2.45, 2.75) is 46.3 Å². The van der Waals surface area contributed by atoms with E-state index in [-0.39, 0.29) is 0 Å². The molecule has 19 heavy (non-hydrogen) atoms. The molecule has 0 aromatic carbocycles. The highest BCUT2D eigenvalue weighted by atomic mass is 15.1. The van der Waals surface area contributed by atoms with Crippen LogP contribution in [0, 0.1) is 0 Å². The maximum atomic E-state index is 4.24. The van der Waals surface area contributed by atoms with Gasteiger partial charge in [0.05, 0.1) is 18.6 Å². The van der Waals surface area contributed by atoms with Gasteiger partial charge < -0.3 is 14.5 Å². The van der Waals surface area contributed by atoms with Gasteiger partial charge in [0.25, 0.3) is 0 Å². The van der Waals surface area contributed by atoms with Gasteiger partial charge in [-0.15, -0.1) is 0 Å². The molecule has 0 aliphatic carbocycles. The van der Waals surface area contributed by atoms with Gasteiger partial charge >= 0.3 is 0 Å². The quantitative estimate of drug-likeness (QED) is 0.777. The summed E-state index contributed by atoms with van der Waals surface area (Å²) >= 11 is 0. The summed E-state index contributed by atoms with van der Waals surface area (Å²) in [6.45, 7) is 9.45. The van der Waals surface area contributed by atoms with E-state index >= 15 is 0 Å². The van der Waals surface area contributed by atoms with E-state index in [2.05, 4.69) is 58.7 Å². The summed E-state index contributed by atoms with van der Waals surface area (Å²) in [6, 6.07) is 2.64. The lowest BCUT2D eigenvalue weighted by atomic mass is 10.3. The molecule has 2 rings (SSSR count). The second kappa shape index (κ2) is 6.57. The Kier molecular flexibility index (Phi) is 4.80. The van der Waals surface area contributed by atoms with Crippen molar-refractivity contribution in [2.75, 3.05) is 6.54 Å². The van der Waals surface area contributed by atoms with Crippen molar-refractivity contribution in [1.82, 2.24) is 19.4 Å². The summed E-state index contributed by atoms with van der Waals surface area (Å²) in [7, 11) is 0. The molecule has 4 heteroatoms. The topological polar surface area (TPSA) is 34.8 Å². The van der Waals surface area contributed by atoms with E-state index in [1.54, 1.807) is 0 Å². The maximum Gasteiger partial charge on any atom is 0.0951 e. The fourth-order valence-electron chi connectivity index (χ4n) is 2.21. The molecule has 1 N–H and O–H groups in total. The van der Waals surface area contributed by atoms with E-state index in [1.807, 2.05) is 12.5 Å². The standard InChI is InChI=1S/C15H24N4/c1-4-6-16-8-14-5-7-18(10-14)11-15-9-17-12-19(15)13(2)3/h5,7,9-10,12-13,16H,4,6,8,11H2,1-3H3. The lowest BCUT2D eigenvalue weighted by Gasteiger charge is -2.12. The minimum Gasteiger partial charge on any atom is -0.348 e. The van der Waals surface area contributed by atoms with Crippen LogP contribution in [0.4, 0.5) is 0 Å². The first kappa shape index (κ1) is 13.9. The molecular formula is C15H24N4. The Labute approximate surface area is 115 Å². The smallest absolute Gasteiger partial charge is 0.0951 e. The van der Waals surface area contributed by atoms with Crippen LogP contribution in [0.1, 0.15) is 44.5 Å². The highest BCUT2D eigenvalue weighted by molar-refractivity contribution is 5.12. The molecule has 2 aromatic heterocycles. The third-order valence-electron chi connectivity index (χ3n) is 3.21. The largest absolute Gasteiger partial charge is 0.348 e. The molecule has 2 aromatic rings. The Morgan fingerprint density at radius 3 is 2.95 bits per heavy atom. The fourth-order valence-corrected chi connectivity index (χ4v) is 2.21. The van der Waals surface area contributed by atoms with Crippen LogP contribution >= 0.6 is 0 Å². The third kappa shape index (κ3) is 3.70. The first-order valence-electron chi connectivity index (χ1n) is 7.06. The number of imidazole rings is 1. The Morgan fingerprint density at radius 2 is 2.21 bits per heavy atom. The van der Waals surface area contributed by atoms with Crippen molar-refractivity contribution < 1.29 is 0 Å². The second-order valence-electron chi connectivity index (χ2n) is 5.25. The Hall–Kier alpha value is -1.55. The van der Waals surface area contributed by atoms with Gasteiger partial charge in [0.15, 0.2) is 0 Å². The third-order valence-corrected chi connectivity index (χ3v) is 3.21. The van der Waals surface area contributed by atoms with Gasteiger partial charge in [-0.2, -0.15) is 0 Å². The molecule has 0 fully saturated rings. The highest BCUT2D eigenvalue weighted by Crippen LogP contribution is 2.11. The predicted molar refractivity (Wildman–Crippen MR) is 78.1 cm³/mol. The van der Waals surface area contributed by atoms with Crippen LogP contribution in [0.15, 0.2) is 31.0 Å². The van der Waals surface area contributed by atoms with Gasteiger partial charge in [0.1, 0.15) is 0 Å². The number of aromatic nitrogens is 3. The number of rotatable bonds is 7. The van der Waals surface area contributed by atoms with Crippen molar-refractivity contribution in [1.29, 1.82) is 0 Å². The molecule has 4 nitrogen and oxygen atoms in total. The summed E-state index contributed by atoms with van der Waals surface area (Å²) in [6.07, 6.45) is 9.39. The van der Waals surface area contributed by atoms with Crippen LogP contribution in [0.2, 0.25) is 0 Å². The molecule has 0 radical (unpaired) electrons. The molecule has 0 bridgehead atoms. The van der Waals surface area contributed by atoms with Crippen LogP contribution in [-0.4, -0.2) is 20.7 Å². The lowest BCUT2D eigenvalue weighted by molar-refractivity contribution is 0.561. The SMILES string of the molecule is CCCNCc1ccn(Cc2cncn2C(C)C)c1. The first-order valence-corrected chi connectivity index (χ1v) is 7.06. The van der Waals surface area contributed by atoms with Gasteiger partial charge in [-0.25, -0.2) is 4.98 Å². The lowest BCUT2D eigenvalue weighted by Crippen LogP contribution is -2.13. The molecule has 0 atom stereocenters. The summed E-state index contributed by atoms with van der Waals surface area (Å²) in [5.74, 6) is 0. The van der Waals surface area contributed by atoms with Gasteiger partial charge in [-0.1, -0.05) is 6.92 Å². The van der Waals surface area contributed by atoms with Crippen LogP contribution in [0.25, 0.3) is 0 Å². The van der Waals surface area contributed by atoms with Gasteiger partial charge in [0, 0.05) is 31.2 Å². The number of nitrogens with one attached hydrogen (secondary N) is 1. The summed E-state index contributed by atoms with van der Waals surface area (Å²) in [5, 5.41) is 3.42. The van der Waals surface area contributed by atoms with E-state index in [0.29, 0.717) is 6.04 Å². The average molecular weight is 260 g/mol. The van der Waals surface area contributed by atoms with Crippen LogP contribution < -0.4 is 5.32 Å². The van der Waals surface area contributed by atoms with Crippen LogP contribution in [0.5, 0.6) is 0 Å². The van der Waals surface area contributed by atoms with E-state index in [4.69, 9.17) is 0 Å². The number of nitrogens with zero attached hydrogens (tertiary/aromatic N) is 3. The average Bonchev–Trinajstić information content (AvgIpc) is 2.99. The van der Waals surface area contributed by atoms with Crippen molar-refractivity contribution in [3.8, 4) is 0 Å². The van der Waals surface area contributed by atoms with Crippen molar-refractivity contribution >= 4 is 0 Å². The number of hydrogen-bond acceptors (Lipinski definition) is 2. The molecule has 2 heterocycles. The highest BCUT2D eigenvalue weighted by Gasteiger charge is 2.06. The monoisotopic (exact) mass is 260 g/mol. The minimum absolute atomic E-state index is 0.457. The normalized spacial score (nSPS) is 11.4. The molecule has 0 amide bonds. The zero-order valence-corrected chi connectivity index (χ0v) is 12.1. The summed E-state index contributed by atoms with van der Waals surface area (Å²) < 4.78 is 4.44. The number of hydrogen-bond donors (Lipinski definition) is 1. The molecule has 0 aliphatic rings. The summed E-state index contributed by atoms with van der Waals surface area (Å²) in [4.78, 5) is 4.24. The molecule has 0 aliphatic heterocycles. The Balaban J connectivity index is 1.97. The van der Waals surface area contributed by atoms with Crippen molar-refractivity contribution in [3.05, 3.63) is 42.2 Å². The van der Waals surface area contributed by atoms with E-state index in [9.17, 15) is 0 Å². The predicted octanol–water partition coefficient (Wildman–Crippen LogP) is 2.81. The molecule has 0 unspecified atom stereocenters. The van der Waals surface area contributed by atoms with Gasteiger partial charge in [-0.05, 0) is 38.4 Å².